The first kappa shape index (κ1) is 15.1. The van der Waals surface area contributed by atoms with Gasteiger partial charge in [0.2, 0.25) is 0 Å². The second kappa shape index (κ2) is 7.47. The van der Waals surface area contributed by atoms with Crippen LogP contribution < -0.4 is 5.32 Å². The fourth-order valence-electron chi connectivity index (χ4n) is 2.52. The van der Waals surface area contributed by atoms with Crippen molar-refractivity contribution >= 4 is 17.2 Å². The van der Waals surface area contributed by atoms with E-state index < -0.39 is 0 Å². The van der Waals surface area contributed by atoms with Gasteiger partial charge in [-0.1, -0.05) is 31.6 Å². The lowest BCUT2D eigenvalue weighted by atomic mass is 9.83. The number of aliphatic hydroxyl groups is 1. The fraction of sp³-hybridized carbons (Fsp3) is 0.562. The minimum Gasteiger partial charge on any atom is -0.384 e. The Morgan fingerprint density at radius 3 is 2.90 bits per heavy atom. The molecule has 1 aromatic rings. The van der Waals surface area contributed by atoms with Crippen LogP contribution in [0.2, 0.25) is 0 Å². The lowest BCUT2D eigenvalue weighted by molar-refractivity contribution is 0.0942. The van der Waals surface area contributed by atoms with E-state index >= 15 is 0 Å². The van der Waals surface area contributed by atoms with Crippen LogP contribution >= 0.6 is 11.3 Å². The molecule has 1 aromatic heterocycles. The van der Waals surface area contributed by atoms with Crippen molar-refractivity contribution in [1.29, 1.82) is 0 Å². The number of aliphatic hydroxyl groups excluding tert-OH is 1. The molecule has 2 rings (SSSR count). The molecule has 3 nitrogen and oxygen atoms in total. The molecule has 0 spiro atoms. The van der Waals surface area contributed by atoms with Crippen molar-refractivity contribution in [3.8, 4) is 11.8 Å². The third-order valence-electron chi connectivity index (χ3n) is 3.84. The Labute approximate surface area is 124 Å². The van der Waals surface area contributed by atoms with Gasteiger partial charge in [-0.05, 0) is 30.7 Å². The van der Waals surface area contributed by atoms with E-state index in [1.165, 1.54) is 37.0 Å². The summed E-state index contributed by atoms with van der Waals surface area (Å²) in [7, 11) is 0. The van der Waals surface area contributed by atoms with Crippen molar-refractivity contribution in [2.75, 3.05) is 13.2 Å². The predicted octanol–water partition coefficient (Wildman–Crippen LogP) is 2.65. The van der Waals surface area contributed by atoms with E-state index in [4.69, 9.17) is 5.11 Å². The summed E-state index contributed by atoms with van der Waals surface area (Å²) < 4.78 is 0. The van der Waals surface area contributed by atoms with Gasteiger partial charge in [-0.3, -0.25) is 4.79 Å². The second-order valence-corrected chi connectivity index (χ2v) is 6.41. The monoisotopic (exact) mass is 291 g/mol. The first-order valence-corrected chi connectivity index (χ1v) is 8.03. The summed E-state index contributed by atoms with van der Waals surface area (Å²) in [5, 5.41) is 13.5. The van der Waals surface area contributed by atoms with Crippen LogP contribution in [0.3, 0.4) is 0 Å². The summed E-state index contributed by atoms with van der Waals surface area (Å²) in [5.74, 6) is 6.86. The van der Waals surface area contributed by atoms with Crippen molar-refractivity contribution < 1.29 is 9.90 Å². The van der Waals surface area contributed by atoms with Gasteiger partial charge in [0.05, 0.1) is 10.4 Å². The van der Waals surface area contributed by atoms with Crippen LogP contribution in [0.1, 0.15) is 47.8 Å². The third-order valence-corrected chi connectivity index (χ3v) is 4.68. The number of rotatable bonds is 3. The fourth-order valence-corrected chi connectivity index (χ4v) is 3.27. The van der Waals surface area contributed by atoms with E-state index in [9.17, 15) is 4.79 Å². The standard InChI is InChI=1S/C16H21NO2S/c1-12-4-6-13(7-5-12)10-17-16(19)14-9-15(20-11-14)3-2-8-18/h9,11-13,18H,4-8,10H2,1H3,(H,17,19). The zero-order chi connectivity index (χ0) is 14.4. The molecule has 1 amide bonds. The molecule has 1 aliphatic carbocycles. The highest BCUT2D eigenvalue weighted by Gasteiger charge is 2.19. The highest BCUT2D eigenvalue weighted by molar-refractivity contribution is 7.10. The smallest absolute Gasteiger partial charge is 0.252 e. The van der Waals surface area contributed by atoms with Crippen molar-refractivity contribution in [3.63, 3.8) is 0 Å². The summed E-state index contributed by atoms with van der Waals surface area (Å²) >= 11 is 1.43. The van der Waals surface area contributed by atoms with Crippen LogP contribution in [-0.4, -0.2) is 24.2 Å². The third kappa shape index (κ3) is 4.36. The number of hydrogen-bond acceptors (Lipinski definition) is 3. The van der Waals surface area contributed by atoms with E-state index in [-0.39, 0.29) is 12.5 Å². The molecule has 0 bridgehead atoms. The molecule has 0 saturated heterocycles. The average Bonchev–Trinajstić information content (AvgIpc) is 2.93. The Hall–Kier alpha value is -1.31. The van der Waals surface area contributed by atoms with Crippen LogP contribution in [0.25, 0.3) is 0 Å². The van der Waals surface area contributed by atoms with Crippen LogP contribution in [0.15, 0.2) is 11.4 Å². The van der Waals surface area contributed by atoms with E-state index in [0.29, 0.717) is 11.5 Å². The predicted molar refractivity (Wildman–Crippen MR) is 81.7 cm³/mol. The van der Waals surface area contributed by atoms with Crippen LogP contribution in [0.4, 0.5) is 0 Å². The first-order valence-electron chi connectivity index (χ1n) is 7.15. The van der Waals surface area contributed by atoms with Gasteiger partial charge in [0.1, 0.15) is 6.61 Å². The van der Waals surface area contributed by atoms with Gasteiger partial charge in [0.25, 0.3) is 5.91 Å². The molecule has 1 heterocycles. The number of nitrogens with one attached hydrogen (secondary N) is 1. The molecule has 1 aliphatic rings. The number of amides is 1. The Kier molecular flexibility index (Phi) is 5.63. The second-order valence-electron chi connectivity index (χ2n) is 5.50. The van der Waals surface area contributed by atoms with Crippen molar-refractivity contribution in [2.45, 2.75) is 32.6 Å². The molecule has 0 aliphatic heterocycles. The maximum atomic E-state index is 12.0. The Morgan fingerprint density at radius 2 is 2.20 bits per heavy atom. The van der Waals surface area contributed by atoms with Crippen molar-refractivity contribution in [3.05, 3.63) is 21.9 Å². The quantitative estimate of drug-likeness (QED) is 0.841. The van der Waals surface area contributed by atoms with Gasteiger partial charge in [0.15, 0.2) is 0 Å². The van der Waals surface area contributed by atoms with Gasteiger partial charge in [0, 0.05) is 11.9 Å². The Morgan fingerprint density at radius 1 is 1.45 bits per heavy atom. The molecule has 1 fully saturated rings. The van der Waals surface area contributed by atoms with Gasteiger partial charge in [-0.15, -0.1) is 11.3 Å². The largest absolute Gasteiger partial charge is 0.384 e. The topological polar surface area (TPSA) is 49.3 Å². The molecule has 0 aromatic carbocycles. The van der Waals surface area contributed by atoms with Crippen LogP contribution in [-0.2, 0) is 0 Å². The minimum absolute atomic E-state index is 0.0167. The van der Waals surface area contributed by atoms with Gasteiger partial charge in [-0.25, -0.2) is 0 Å². The molecule has 1 saturated carbocycles. The number of carbonyl (C=O) groups is 1. The van der Waals surface area contributed by atoms with Crippen LogP contribution in [0, 0.1) is 23.7 Å². The summed E-state index contributed by atoms with van der Waals surface area (Å²) in [6.07, 6.45) is 5.00. The number of thiophene rings is 1. The maximum Gasteiger partial charge on any atom is 0.252 e. The van der Waals surface area contributed by atoms with Gasteiger partial charge >= 0.3 is 0 Å². The Bertz CT molecular complexity index is 504. The van der Waals surface area contributed by atoms with E-state index in [0.717, 1.165) is 17.3 Å². The zero-order valence-corrected chi connectivity index (χ0v) is 12.6. The summed E-state index contributed by atoms with van der Waals surface area (Å²) in [6.45, 7) is 2.92. The summed E-state index contributed by atoms with van der Waals surface area (Å²) in [4.78, 5) is 12.9. The average molecular weight is 291 g/mol. The highest BCUT2D eigenvalue weighted by Crippen LogP contribution is 2.27. The van der Waals surface area contributed by atoms with Gasteiger partial charge in [-0.2, -0.15) is 0 Å². The SMILES string of the molecule is CC1CCC(CNC(=O)c2csc(C#CCO)c2)CC1. The van der Waals surface area contributed by atoms with Crippen molar-refractivity contribution in [1.82, 2.24) is 5.32 Å². The van der Waals surface area contributed by atoms with Crippen LogP contribution in [0.5, 0.6) is 0 Å². The van der Waals surface area contributed by atoms with E-state index in [1.807, 2.05) is 5.38 Å². The Balaban J connectivity index is 1.81. The van der Waals surface area contributed by atoms with E-state index in [1.54, 1.807) is 6.07 Å². The number of carbonyl (C=O) groups excluding carboxylic acids is 1. The van der Waals surface area contributed by atoms with Crippen molar-refractivity contribution in [2.24, 2.45) is 11.8 Å². The summed E-state index contributed by atoms with van der Waals surface area (Å²) in [5.41, 5.74) is 0.668. The zero-order valence-electron chi connectivity index (χ0n) is 11.8. The van der Waals surface area contributed by atoms with E-state index in [2.05, 4.69) is 24.1 Å². The molecule has 4 heteroatoms. The molecule has 0 radical (unpaired) electrons. The molecule has 0 unspecified atom stereocenters. The van der Waals surface area contributed by atoms with Gasteiger partial charge < -0.3 is 10.4 Å². The first-order chi connectivity index (χ1) is 9.69. The molecule has 20 heavy (non-hydrogen) atoms. The molecule has 2 N–H and O–H groups in total. The molecule has 0 atom stereocenters. The lowest BCUT2D eigenvalue weighted by Gasteiger charge is -2.26. The molecular weight excluding hydrogens is 270 g/mol. The lowest BCUT2D eigenvalue weighted by Crippen LogP contribution is -2.30. The summed E-state index contributed by atoms with van der Waals surface area (Å²) in [6, 6.07) is 1.78. The molecular formula is C16H21NO2S. The maximum absolute atomic E-state index is 12.0. The highest BCUT2D eigenvalue weighted by atomic mass is 32.1. The normalized spacial score (nSPS) is 21.9. The molecule has 108 valence electrons. The minimum atomic E-state index is -0.153. The number of hydrogen-bond donors (Lipinski definition) is 2.